The minimum absolute atomic E-state index is 0.279. The van der Waals surface area contributed by atoms with Crippen molar-refractivity contribution in [2.75, 3.05) is 0 Å². The average molecular weight is 749 g/mol. The fourth-order valence-electron chi connectivity index (χ4n) is 7.44. The van der Waals surface area contributed by atoms with Crippen LogP contribution in [0.2, 0.25) is 0 Å². The highest BCUT2D eigenvalue weighted by atomic mass is 16.8. The Hall–Kier alpha value is -4.03. The van der Waals surface area contributed by atoms with Crippen molar-refractivity contribution in [2.45, 2.75) is 121 Å². The molecule has 4 aromatic carbocycles. The summed E-state index contributed by atoms with van der Waals surface area (Å²) in [6.07, 6.45) is -0.614. The molecule has 290 valence electrons. The van der Waals surface area contributed by atoms with Gasteiger partial charge in [0, 0.05) is 0 Å². The number of carbonyl (C=O) groups is 1. The number of ketones is 1. The van der Waals surface area contributed by atoms with Crippen LogP contribution in [0, 0.1) is 0 Å². The van der Waals surface area contributed by atoms with Gasteiger partial charge >= 0.3 is 0 Å². The van der Waals surface area contributed by atoms with Crippen molar-refractivity contribution in [3.63, 3.8) is 0 Å². The van der Waals surface area contributed by atoms with Gasteiger partial charge in [-0.25, -0.2) is 0 Å². The fourth-order valence-corrected chi connectivity index (χ4v) is 7.44. The van der Waals surface area contributed by atoms with Crippen LogP contribution < -0.4 is 0 Å². The minimum Gasteiger partial charge on any atom is -0.368 e. The first-order chi connectivity index (χ1) is 26.9. The topological polar surface area (TPSA) is 90.9 Å². The Bertz CT molecular complexity index is 1790. The molecule has 0 aliphatic carbocycles. The number of fused-ring (bicyclic) bond motifs is 1. The van der Waals surface area contributed by atoms with E-state index in [-0.39, 0.29) is 11.9 Å². The monoisotopic (exact) mass is 748 g/mol. The van der Waals surface area contributed by atoms with Crippen LogP contribution in [-0.4, -0.2) is 66.7 Å². The van der Waals surface area contributed by atoms with Gasteiger partial charge in [-0.2, -0.15) is 0 Å². The Kier molecular flexibility index (Phi) is 13.4. The van der Waals surface area contributed by atoms with Crippen molar-refractivity contribution in [2.24, 2.45) is 0 Å². The Balaban J connectivity index is 1.16. The van der Waals surface area contributed by atoms with Crippen LogP contribution in [0.5, 0.6) is 0 Å². The smallest absolute Gasteiger partial charge is 0.190 e. The molecule has 3 heterocycles. The number of rotatable bonds is 17. The summed E-state index contributed by atoms with van der Waals surface area (Å²) in [5.74, 6) is -1.14. The number of ether oxygens (including phenoxy) is 8. The Labute approximate surface area is 324 Å². The van der Waals surface area contributed by atoms with Gasteiger partial charge in [0.25, 0.3) is 0 Å². The lowest BCUT2D eigenvalue weighted by Crippen LogP contribution is -2.59. The van der Waals surface area contributed by atoms with Gasteiger partial charge in [0.2, 0.25) is 0 Å². The number of hydrogen-bond donors (Lipinski definition) is 0. The minimum atomic E-state index is -0.947. The molecule has 3 aliphatic heterocycles. The van der Waals surface area contributed by atoms with Gasteiger partial charge in [0.05, 0.1) is 32.5 Å². The van der Waals surface area contributed by atoms with E-state index in [0.717, 1.165) is 35.1 Å². The molecule has 0 radical (unpaired) electrons. The SMILES string of the molecule is CCC[C@H]1O[C@H](/C=C/C(=O)C2OC3OC(C)(C)OC3C2OCc2ccccc2)[C@@H](OCc2ccccc2)[C@H](OCc2ccccc2)[C@H]1OCc1ccccc1. The van der Waals surface area contributed by atoms with Crippen molar-refractivity contribution in [3.05, 3.63) is 156 Å². The molecule has 9 nitrogen and oxygen atoms in total. The molecule has 9 atom stereocenters. The first-order valence-corrected chi connectivity index (χ1v) is 19.4. The fraction of sp³-hybridized carbons (Fsp3) is 0.413. The van der Waals surface area contributed by atoms with Crippen LogP contribution in [0.3, 0.4) is 0 Å². The molecule has 3 fully saturated rings. The summed E-state index contributed by atoms with van der Waals surface area (Å²) in [6.45, 7) is 7.13. The van der Waals surface area contributed by atoms with E-state index < -0.39 is 54.8 Å². The lowest BCUT2D eigenvalue weighted by atomic mass is 9.91. The largest absolute Gasteiger partial charge is 0.368 e. The standard InChI is InChI=1S/C46H52O9/c1-4-17-37-40(48-28-32-18-9-5-10-19-32)43(51-31-35-24-15-8-16-25-35)41(49-29-33-20-11-6-12-21-33)38(52-37)27-26-36(47)39-42(50-30-34-22-13-7-14-23-34)44-45(53-39)55-46(2,3)54-44/h5-16,18-27,37-45H,4,17,28-31H2,1-3H3/b27-26+/t37-,38-,39?,40+,41-,42?,43-,44?,45?/m1/s1. The van der Waals surface area contributed by atoms with Crippen molar-refractivity contribution in [3.8, 4) is 0 Å². The number of carbonyl (C=O) groups excluding carboxylic acids is 1. The van der Waals surface area contributed by atoms with E-state index >= 15 is 0 Å². The van der Waals surface area contributed by atoms with Crippen LogP contribution in [0.25, 0.3) is 0 Å². The third-order valence-corrected chi connectivity index (χ3v) is 10.1. The highest BCUT2D eigenvalue weighted by Gasteiger charge is 2.57. The van der Waals surface area contributed by atoms with E-state index in [1.54, 1.807) is 6.08 Å². The second kappa shape index (κ2) is 18.7. The molecular formula is C46H52O9. The predicted octanol–water partition coefficient (Wildman–Crippen LogP) is 7.90. The molecule has 0 aromatic heterocycles. The summed E-state index contributed by atoms with van der Waals surface area (Å²) < 4.78 is 52.0. The molecule has 3 saturated heterocycles. The zero-order chi connectivity index (χ0) is 38.0. The second-order valence-electron chi connectivity index (χ2n) is 14.8. The Morgan fingerprint density at radius 3 is 1.55 bits per heavy atom. The lowest BCUT2D eigenvalue weighted by Gasteiger charge is -2.46. The third kappa shape index (κ3) is 10.2. The van der Waals surface area contributed by atoms with Gasteiger partial charge in [0.15, 0.2) is 24.0 Å². The molecule has 4 aromatic rings. The maximum atomic E-state index is 14.2. The van der Waals surface area contributed by atoms with Crippen LogP contribution in [-0.2, 0) is 69.1 Å². The Morgan fingerprint density at radius 1 is 0.600 bits per heavy atom. The van der Waals surface area contributed by atoms with Gasteiger partial charge in [0.1, 0.15) is 36.6 Å². The van der Waals surface area contributed by atoms with Crippen LogP contribution in [0.1, 0.15) is 55.9 Å². The van der Waals surface area contributed by atoms with E-state index in [9.17, 15) is 4.79 Å². The molecule has 0 amide bonds. The van der Waals surface area contributed by atoms with Crippen molar-refractivity contribution in [1.82, 2.24) is 0 Å². The molecule has 0 N–H and O–H groups in total. The van der Waals surface area contributed by atoms with Crippen LogP contribution >= 0.6 is 0 Å². The van der Waals surface area contributed by atoms with Crippen molar-refractivity contribution in [1.29, 1.82) is 0 Å². The normalized spacial score (nSPS) is 28.7. The maximum Gasteiger partial charge on any atom is 0.190 e. The van der Waals surface area contributed by atoms with Gasteiger partial charge in [-0.3, -0.25) is 4.79 Å². The van der Waals surface area contributed by atoms with E-state index in [1.807, 2.05) is 135 Å². The molecular weight excluding hydrogens is 696 g/mol. The Morgan fingerprint density at radius 2 is 1.05 bits per heavy atom. The molecule has 0 bridgehead atoms. The first kappa shape index (κ1) is 39.2. The van der Waals surface area contributed by atoms with Crippen LogP contribution in [0.15, 0.2) is 133 Å². The van der Waals surface area contributed by atoms with E-state index in [2.05, 4.69) is 6.92 Å². The van der Waals surface area contributed by atoms with Crippen molar-refractivity contribution < 1.29 is 42.7 Å². The zero-order valence-corrected chi connectivity index (χ0v) is 31.8. The second-order valence-corrected chi connectivity index (χ2v) is 14.8. The molecule has 55 heavy (non-hydrogen) atoms. The first-order valence-electron chi connectivity index (χ1n) is 19.4. The summed E-state index contributed by atoms with van der Waals surface area (Å²) >= 11 is 0. The molecule has 3 aliphatic rings. The highest BCUT2D eigenvalue weighted by Crippen LogP contribution is 2.40. The third-order valence-electron chi connectivity index (χ3n) is 10.1. The van der Waals surface area contributed by atoms with E-state index in [1.165, 1.54) is 6.08 Å². The predicted molar refractivity (Wildman–Crippen MR) is 206 cm³/mol. The van der Waals surface area contributed by atoms with Gasteiger partial charge in [-0.15, -0.1) is 0 Å². The van der Waals surface area contributed by atoms with Gasteiger partial charge in [-0.1, -0.05) is 135 Å². The molecule has 0 spiro atoms. The highest BCUT2D eigenvalue weighted by molar-refractivity contribution is 5.94. The summed E-state index contributed by atoms with van der Waals surface area (Å²) in [5, 5.41) is 0. The molecule has 0 saturated carbocycles. The summed E-state index contributed by atoms with van der Waals surface area (Å²) in [6, 6.07) is 40.0. The van der Waals surface area contributed by atoms with Crippen LogP contribution in [0.4, 0.5) is 0 Å². The zero-order valence-electron chi connectivity index (χ0n) is 31.8. The quantitative estimate of drug-likeness (QED) is 0.100. The number of hydrogen-bond acceptors (Lipinski definition) is 9. The average Bonchev–Trinajstić information content (AvgIpc) is 3.70. The molecule has 9 heteroatoms. The molecule has 4 unspecified atom stereocenters. The molecule has 7 rings (SSSR count). The lowest BCUT2D eigenvalue weighted by molar-refractivity contribution is -0.256. The van der Waals surface area contributed by atoms with E-state index in [0.29, 0.717) is 26.4 Å². The summed E-state index contributed by atoms with van der Waals surface area (Å²) in [7, 11) is 0. The van der Waals surface area contributed by atoms with Crippen molar-refractivity contribution >= 4 is 5.78 Å². The summed E-state index contributed by atoms with van der Waals surface area (Å²) in [4.78, 5) is 14.2. The summed E-state index contributed by atoms with van der Waals surface area (Å²) in [5.41, 5.74) is 4.07. The van der Waals surface area contributed by atoms with Gasteiger partial charge in [-0.05, 0) is 54.7 Å². The maximum absolute atomic E-state index is 14.2. The van der Waals surface area contributed by atoms with E-state index in [4.69, 9.17) is 37.9 Å². The van der Waals surface area contributed by atoms with Gasteiger partial charge < -0.3 is 37.9 Å². The number of benzene rings is 4.